The van der Waals surface area contributed by atoms with Crippen LogP contribution in [0, 0.1) is 0 Å². The van der Waals surface area contributed by atoms with Crippen LogP contribution in [0.3, 0.4) is 0 Å². The van der Waals surface area contributed by atoms with E-state index < -0.39 is 0 Å². The highest BCUT2D eigenvalue weighted by Gasteiger charge is 1.96. The molecule has 3 nitrogen and oxygen atoms in total. The first-order valence-corrected chi connectivity index (χ1v) is 5.18. The maximum absolute atomic E-state index is 10.7. The van der Waals surface area contributed by atoms with Crippen LogP contribution in [0.1, 0.15) is 18.4 Å². The van der Waals surface area contributed by atoms with Crippen LogP contribution in [0.5, 0.6) is 0 Å². The minimum Gasteiger partial charge on any atom is -0.453 e. The molecule has 0 aromatic heterocycles. The van der Waals surface area contributed by atoms with Crippen LogP contribution in [-0.2, 0) is 11.2 Å². The first-order chi connectivity index (χ1) is 7.33. The number of carbonyl (C=O) groups excluding carboxylic acids is 1. The maximum Gasteiger partial charge on any atom is 0.406 e. The molecule has 1 aromatic carbocycles. The van der Waals surface area contributed by atoms with Gasteiger partial charge in [0.25, 0.3) is 0 Å². The average Bonchev–Trinajstić information content (AvgIpc) is 2.29. The molecule has 0 spiro atoms. The second-order valence-corrected chi connectivity index (χ2v) is 3.36. The Labute approximate surface area is 90.4 Å². The summed E-state index contributed by atoms with van der Waals surface area (Å²) >= 11 is 0. The number of benzene rings is 1. The largest absolute Gasteiger partial charge is 0.453 e. The predicted octanol–water partition coefficient (Wildman–Crippen LogP) is 2.37. The summed E-state index contributed by atoms with van der Waals surface area (Å²) in [5.74, 6) is 0. The van der Waals surface area contributed by atoms with Gasteiger partial charge in [0.05, 0.1) is 7.11 Å². The maximum atomic E-state index is 10.7. The minimum absolute atomic E-state index is 0.352. The smallest absolute Gasteiger partial charge is 0.406 e. The highest BCUT2D eigenvalue weighted by Crippen LogP contribution is 2.03. The zero-order valence-corrected chi connectivity index (χ0v) is 9.03. The van der Waals surface area contributed by atoms with Gasteiger partial charge in [-0.2, -0.15) is 0 Å². The first kappa shape index (κ1) is 11.6. The number of alkyl carbamates (subject to hydrolysis) is 1. The lowest BCUT2D eigenvalue weighted by molar-refractivity contribution is 0.171. The van der Waals surface area contributed by atoms with Crippen LogP contribution in [0.2, 0.25) is 0 Å². The number of amides is 1. The predicted molar refractivity (Wildman–Crippen MR) is 59.8 cm³/mol. The summed E-state index contributed by atoms with van der Waals surface area (Å²) in [5, 5.41) is 2.66. The van der Waals surface area contributed by atoms with Crippen molar-refractivity contribution in [3.63, 3.8) is 0 Å². The van der Waals surface area contributed by atoms with Crippen LogP contribution in [0.4, 0.5) is 4.79 Å². The Morgan fingerprint density at radius 1 is 1.27 bits per heavy atom. The van der Waals surface area contributed by atoms with Gasteiger partial charge in [0, 0.05) is 6.54 Å². The van der Waals surface area contributed by atoms with Crippen molar-refractivity contribution >= 4 is 6.09 Å². The fourth-order valence-electron chi connectivity index (χ4n) is 1.36. The number of aryl methyl sites for hydroxylation is 1. The second kappa shape index (κ2) is 6.87. The molecule has 1 aromatic rings. The molecular weight excluding hydrogens is 190 g/mol. The number of unbranched alkanes of at least 4 members (excludes halogenated alkanes) is 1. The Bertz CT molecular complexity index is 285. The molecule has 0 radical (unpaired) electrons. The van der Waals surface area contributed by atoms with Crippen LogP contribution in [0.25, 0.3) is 0 Å². The number of nitrogens with one attached hydrogen (secondary N) is 1. The highest BCUT2D eigenvalue weighted by molar-refractivity contribution is 5.66. The molecule has 15 heavy (non-hydrogen) atoms. The van der Waals surface area contributed by atoms with Crippen LogP contribution in [-0.4, -0.2) is 19.7 Å². The zero-order chi connectivity index (χ0) is 10.9. The molecule has 0 aliphatic carbocycles. The van der Waals surface area contributed by atoms with E-state index >= 15 is 0 Å². The molecule has 0 heterocycles. The summed E-state index contributed by atoms with van der Waals surface area (Å²) in [6.45, 7) is 0.680. The van der Waals surface area contributed by atoms with E-state index in [2.05, 4.69) is 22.2 Å². The fraction of sp³-hybridized carbons (Fsp3) is 0.417. The van der Waals surface area contributed by atoms with Gasteiger partial charge >= 0.3 is 6.09 Å². The van der Waals surface area contributed by atoms with Crippen molar-refractivity contribution in [1.29, 1.82) is 0 Å². The summed E-state index contributed by atoms with van der Waals surface area (Å²) in [6, 6.07) is 10.3. The molecule has 82 valence electrons. The van der Waals surface area contributed by atoms with Crippen molar-refractivity contribution in [2.45, 2.75) is 19.3 Å². The van der Waals surface area contributed by atoms with Crippen LogP contribution < -0.4 is 5.32 Å². The van der Waals surface area contributed by atoms with E-state index in [1.165, 1.54) is 12.7 Å². The molecule has 3 heteroatoms. The van der Waals surface area contributed by atoms with Crippen molar-refractivity contribution < 1.29 is 9.53 Å². The van der Waals surface area contributed by atoms with E-state index in [-0.39, 0.29) is 6.09 Å². The summed E-state index contributed by atoms with van der Waals surface area (Å²) in [4.78, 5) is 10.7. The molecular formula is C12H17NO2. The second-order valence-electron chi connectivity index (χ2n) is 3.36. The molecule has 0 saturated heterocycles. The lowest BCUT2D eigenvalue weighted by atomic mass is 10.1. The monoisotopic (exact) mass is 207 g/mol. The third-order valence-corrected chi connectivity index (χ3v) is 2.19. The summed E-state index contributed by atoms with van der Waals surface area (Å²) < 4.78 is 4.47. The molecule has 0 aliphatic heterocycles. The zero-order valence-electron chi connectivity index (χ0n) is 9.03. The third-order valence-electron chi connectivity index (χ3n) is 2.19. The van der Waals surface area contributed by atoms with Crippen molar-refractivity contribution in [3.8, 4) is 0 Å². The van der Waals surface area contributed by atoms with Crippen LogP contribution in [0.15, 0.2) is 30.3 Å². The summed E-state index contributed by atoms with van der Waals surface area (Å²) in [6.07, 6.45) is 2.76. The quantitative estimate of drug-likeness (QED) is 0.753. The van der Waals surface area contributed by atoms with E-state index in [9.17, 15) is 4.79 Å². The van der Waals surface area contributed by atoms with E-state index in [1.807, 2.05) is 18.2 Å². The SMILES string of the molecule is COC(=O)NCCCCc1ccccc1. The molecule has 0 saturated carbocycles. The van der Waals surface area contributed by atoms with Crippen LogP contribution >= 0.6 is 0 Å². The summed E-state index contributed by atoms with van der Waals surface area (Å²) in [7, 11) is 1.37. The van der Waals surface area contributed by atoms with Gasteiger partial charge in [-0.05, 0) is 24.8 Å². The number of hydrogen-bond acceptors (Lipinski definition) is 2. The fourth-order valence-corrected chi connectivity index (χ4v) is 1.36. The van der Waals surface area contributed by atoms with Gasteiger partial charge in [-0.15, -0.1) is 0 Å². The Balaban J connectivity index is 2.05. The normalized spacial score (nSPS) is 9.67. The van der Waals surface area contributed by atoms with Gasteiger partial charge in [0.2, 0.25) is 0 Å². The molecule has 0 aliphatic rings. The lowest BCUT2D eigenvalue weighted by Gasteiger charge is -2.03. The lowest BCUT2D eigenvalue weighted by Crippen LogP contribution is -2.23. The molecule has 0 fully saturated rings. The van der Waals surface area contributed by atoms with Crippen molar-refractivity contribution in [2.24, 2.45) is 0 Å². The average molecular weight is 207 g/mol. The molecule has 0 unspecified atom stereocenters. The first-order valence-electron chi connectivity index (χ1n) is 5.18. The van der Waals surface area contributed by atoms with E-state index in [0.717, 1.165) is 19.3 Å². The van der Waals surface area contributed by atoms with Crippen molar-refractivity contribution in [3.05, 3.63) is 35.9 Å². The van der Waals surface area contributed by atoms with Crippen molar-refractivity contribution in [1.82, 2.24) is 5.32 Å². The van der Waals surface area contributed by atoms with Gasteiger partial charge in [-0.25, -0.2) is 4.79 Å². The molecule has 0 atom stereocenters. The minimum atomic E-state index is -0.352. The van der Waals surface area contributed by atoms with Gasteiger partial charge in [-0.1, -0.05) is 30.3 Å². The van der Waals surface area contributed by atoms with Gasteiger partial charge < -0.3 is 10.1 Å². The third kappa shape index (κ3) is 5.05. The highest BCUT2D eigenvalue weighted by atomic mass is 16.5. The van der Waals surface area contributed by atoms with E-state index in [1.54, 1.807) is 0 Å². The molecule has 1 rings (SSSR count). The van der Waals surface area contributed by atoms with Gasteiger partial charge in [-0.3, -0.25) is 0 Å². The van der Waals surface area contributed by atoms with Gasteiger partial charge in [0.15, 0.2) is 0 Å². The Hall–Kier alpha value is -1.51. The van der Waals surface area contributed by atoms with E-state index in [0.29, 0.717) is 6.54 Å². The standard InChI is InChI=1S/C12H17NO2/c1-15-12(14)13-10-6-5-9-11-7-3-2-4-8-11/h2-4,7-8H,5-6,9-10H2,1H3,(H,13,14). The number of hydrogen-bond donors (Lipinski definition) is 1. The number of carbonyl (C=O) groups is 1. The summed E-state index contributed by atoms with van der Waals surface area (Å²) in [5.41, 5.74) is 1.34. The Kier molecular flexibility index (Phi) is 5.30. The number of ether oxygens (including phenoxy) is 1. The molecule has 1 N–H and O–H groups in total. The molecule has 1 amide bonds. The number of rotatable bonds is 5. The van der Waals surface area contributed by atoms with E-state index in [4.69, 9.17) is 0 Å². The van der Waals surface area contributed by atoms with Crippen molar-refractivity contribution in [2.75, 3.05) is 13.7 Å². The van der Waals surface area contributed by atoms with Gasteiger partial charge in [0.1, 0.15) is 0 Å². The number of methoxy groups -OCH3 is 1. The Morgan fingerprint density at radius 3 is 2.67 bits per heavy atom. The topological polar surface area (TPSA) is 38.3 Å². The molecule has 0 bridgehead atoms. The Morgan fingerprint density at radius 2 is 2.00 bits per heavy atom.